The third-order valence-electron chi connectivity index (χ3n) is 8.41. The van der Waals surface area contributed by atoms with Crippen LogP contribution in [0.25, 0.3) is 0 Å². The summed E-state index contributed by atoms with van der Waals surface area (Å²) in [5.74, 6) is -0.846. The number of urea groups is 1. The summed E-state index contributed by atoms with van der Waals surface area (Å²) in [6.45, 7) is -0.473. The van der Waals surface area contributed by atoms with Crippen LogP contribution in [0.3, 0.4) is 0 Å². The normalized spacial score (nSPS) is 20.5. The van der Waals surface area contributed by atoms with Gasteiger partial charge in [-0.3, -0.25) is 0 Å². The van der Waals surface area contributed by atoms with Gasteiger partial charge in [0.2, 0.25) is 0 Å². The number of hydrogen-bond acceptors (Lipinski definition) is 5. The number of carbonyl (C=O) groups is 1. The smallest absolute Gasteiger partial charge is 0.321 e. The van der Waals surface area contributed by atoms with E-state index in [9.17, 15) is 34.0 Å². The van der Waals surface area contributed by atoms with Crippen LogP contribution in [0.2, 0.25) is 0 Å². The zero-order valence-electron chi connectivity index (χ0n) is 24.1. The minimum Gasteiger partial charge on any atom is -0.392 e. The van der Waals surface area contributed by atoms with Crippen molar-refractivity contribution < 1.29 is 34.0 Å². The Bertz CT molecular complexity index is 1430. The van der Waals surface area contributed by atoms with Crippen LogP contribution in [0.15, 0.2) is 97.1 Å². The second-order valence-corrected chi connectivity index (χ2v) is 11.2. The van der Waals surface area contributed by atoms with Crippen molar-refractivity contribution in [1.29, 1.82) is 0 Å². The minimum absolute atomic E-state index is 0.0205. The molecule has 0 bridgehead atoms. The largest absolute Gasteiger partial charge is 0.392 e. The van der Waals surface area contributed by atoms with Gasteiger partial charge in [0.25, 0.3) is 0 Å². The molecular weight excluding hydrogens is 566 g/mol. The fourth-order valence-electron chi connectivity index (χ4n) is 5.93. The number of nitrogens with zero attached hydrogens (tertiary/aromatic N) is 2. The Hall–Kier alpha value is -4.15. The Morgan fingerprint density at radius 1 is 0.545 bits per heavy atom. The number of rotatable bonds is 10. The van der Waals surface area contributed by atoms with Crippen LogP contribution in [-0.4, -0.2) is 60.5 Å². The van der Waals surface area contributed by atoms with Crippen molar-refractivity contribution >= 4 is 6.03 Å². The van der Waals surface area contributed by atoms with Crippen LogP contribution in [0.5, 0.6) is 0 Å². The molecule has 1 saturated heterocycles. The summed E-state index contributed by atoms with van der Waals surface area (Å²) >= 11 is 0. The predicted molar refractivity (Wildman–Crippen MR) is 161 cm³/mol. The Balaban J connectivity index is 1.62. The number of amides is 2. The molecule has 7 nitrogen and oxygen atoms in total. The number of benzene rings is 4. The van der Waals surface area contributed by atoms with Gasteiger partial charge in [-0.1, -0.05) is 72.8 Å². The van der Waals surface area contributed by atoms with Crippen molar-refractivity contribution in [3.63, 3.8) is 0 Å². The second-order valence-electron chi connectivity index (χ2n) is 11.2. The predicted octanol–water partition coefficient (Wildman–Crippen LogP) is 4.33. The van der Waals surface area contributed by atoms with Gasteiger partial charge >= 0.3 is 6.03 Å². The lowest BCUT2D eigenvalue weighted by Crippen LogP contribution is -2.50. The van der Waals surface area contributed by atoms with Crippen LogP contribution in [0, 0.1) is 11.6 Å². The summed E-state index contributed by atoms with van der Waals surface area (Å²) in [6, 6.07) is 23.5. The van der Waals surface area contributed by atoms with Crippen molar-refractivity contribution in [2.24, 2.45) is 0 Å². The van der Waals surface area contributed by atoms with E-state index in [1.807, 2.05) is 0 Å². The van der Waals surface area contributed by atoms with Crippen LogP contribution in [0.4, 0.5) is 13.6 Å². The number of aliphatic hydroxyl groups excluding tert-OH is 4. The first kappa shape index (κ1) is 31.3. The highest BCUT2D eigenvalue weighted by atomic mass is 19.1. The van der Waals surface area contributed by atoms with Gasteiger partial charge < -0.3 is 30.2 Å². The van der Waals surface area contributed by atoms with Gasteiger partial charge in [-0.15, -0.1) is 0 Å². The Morgan fingerprint density at radius 2 is 0.886 bits per heavy atom. The highest BCUT2D eigenvalue weighted by molar-refractivity contribution is 5.76. The molecule has 0 aliphatic carbocycles. The maximum Gasteiger partial charge on any atom is 0.321 e. The second kappa shape index (κ2) is 14.1. The van der Waals surface area contributed by atoms with Gasteiger partial charge in [-0.25, -0.2) is 13.6 Å². The molecule has 4 aromatic carbocycles. The molecular formula is C35H36F2N2O5. The van der Waals surface area contributed by atoms with E-state index >= 15 is 0 Å². The first-order chi connectivity index (χ1) is 21.3. The van der Waals surface area contributed by atoms with Gasteiger partial charge in [0.15, 0.2) is 0 Å². The van der Waals surface area contributed by atoms with Crippen molar-refractivity contribution in [2.75, 3.05) is 0 Å². The maximum atomic E-state index is 14.7. The molecule has 1 aliphatic rings. The lowest BCUT2D eigenvalue weighted by molar-refractivity contribution is -0.0409. The summed E-state index contributed by atoms with van der Waals surface area (Å²) in [5, 5.41) is 43.7. The highest BCUT2D eigenvalue weighted by Gasteiger charge is 2.46. The molecule has 4 unspecified atom stereocenters. The monoisotopic (exact) mass is 602 g/mol. The van der Waals surface area contributed by atoms with Gasteiger partial charge in [-0.05, 0) is 70.5 Å². The summed E-state index contributed by atoms with van der Waals surface area (Å²) in [4.78, 5) is 17.7. The number of aliphatic hydroxyl groups is 4. The van der Waals surface area contributed by atoms with Gasteiger partial charge in [0, 0.05) is 13.1 Å². The van der Waals surface area contributed by atoms with Crippen LogP contribution < -0.4 is 0 Å². The molecule has 0 spiro atoms. The minimum atomic E-state index is -1.42. The fraction of sp³-hybridized carbons (Fsp3) is 0.286. The topological polar surface area (TPSA) is 104 Å². The molecule has 0 aromatic heterocycles. The molecule has 0 radical (unpaired) electrons. The van der Waals surface area contributed by atoms with Gasteiger partial charge in [-0.2, -0.15) is 0 Å². The third kappa shape index (κ3) is 6.97. The molecule has 0 saturated carbocycles. The average molecular weight is 603 g/mol. The van der Waals surface area contributed by atoms with E-state index in [1.165, 1.54) is 34.1 Å². The quantitative estimate of drug-likeness (QED) is 0.216. The number of hydrogen-bond donors (Lipinski definition) is 4. The van der Waals surface area contributed by atoms with Crippen molar-refractivity contribution in [1.82, 2.24) is 9.80 Å². The van der Waals surface area contributed by atoms with E-state index in [1.54, 1.807) is 72.8 Å². The molecule has 230 valence electrons. The molecule has 1 fully saturated rings. The van der Waals surface area contributed by atoms with Gasteiger partial charge in [0.05, 0.1) is 25.3 Å². The van der Waals surface area contributed by atoms with Crippen LogP contribution in [-0.2, 0) is 39.1 Å². The number of carbonyl (C=O) groups excluding carboxylic acids is 1. The molecule has 4 atom stereocenters. The zero-order chi connectivity index (χ0) is 31.2. The molecule has 44 heavy (non-hydrogen) atoms. The zero-order valence-corrected chi connectivity index (χ0v) is 24.1. The van der Waals surface area contributed by atoms with E-state index < -0.39 is 42.0 Å². The van der Waals surface area contributed by atoms with E-state index in [0.29, 0.717) is 33.4 Å². The van der Waals surface area contributed by atoms with E-state index in [2.05, 4.69) is 0 Å². The molecule has 9 heteroatoms. The van der Waals surface area contributed by atoms with E-state index in [0.717, 1.165) is 0 Å². The SMILES string of the molecule is O=C1N(Cc2ccccc2CO)C(Cc2ccc(F)cc2)C(O)C(O)C(Cc2ccc(F)cc2)N1Cc1ccccc1CO. The van der Waals surface area contributed by atoms with E-state index in [4.69, 9.17) is 0 Å². The lowest BCUT2D eigenvalue weighted by Gasteiger charge is -2.36. The fourth-order valence-corrected chi connectivity index (χ4v) is 5.93. The molecule has 4 aromatic rings. The maximum absolute atomic E-state index is 14.7. The Labute approximate surface area is 255 Å². The van der Waals surface area contributed by atoms with E-state index in [-0.39, 0.29) is 39.1 Å². The molecule has 1 aliphatic heterocycles. The average Bonchev–Trinajstić information content (AvgIpc) is 3.10. The Morgan fingerprint density at radius 3 is 1.23 bits per heavy atom. The number of halogens is 2. The summed E-state index contributed by atoms with van der Waals surface area (Å²) < 4.78 is 27.5. The van der Waals surface area contributed by atoms with Crippen molar-refractivity contribution in [2.45, 2.75) is 63.4 Å². The third-order valence-corrected chi connectivity index (χ3v) is 8.41. The summed E-state index contributed by atoms with van der Waals surface area (Å²) in [7, 11) is 0. The molecule has 2 amide bonds. The summed E-state index contributed by atoms with van der Waals surface area (Å²) in [6.07, 6.45) is -2.60. The standard InChI is InChI=1S/C35H36F2N2O5/c36-29-13-9-23(10-14-29)17-31-33(42)34(43)32(18-24-11-15-30(37)16-12-24)39(20-26-6-2-4-8-28(26)22-41)35(44)38(31)19-25-5-1-3-7-27(25)21-40/h1-16,31-34,40-43H,17-22H2. The van der Waals surface area contributed by atoms with Crippen molar-refractivity contribution in [3.8, 4) is 0 Å². The molecule has 1 heterocycles. The summed E-state index contributed by atoms with van der Waals surface area (Å²) in [5.41, 5.74) is 3.87. The Kier molecular flexibility index (Phi) is 10.0. The van der Waals surface area contributed by atoms with Gasteiger partial charge in [0.1, 0.15) is 23.8 Å². The highest BCUT2D eigenvalue weighted by Crippen LogP contribution is 2.31. The van der Waals surface area contributed by atoms with Crippen LogP contribution >= 0.6 is 0 Å². The first-order valence-electron chi connectivity index (χ1n) is 14.6. The van der Waals surface area contributed by atoms with Crippen molar-refractivity contribution in [3.05, 3.63) is 142 Å². The molecule has 5 rings (SSSR count). The van der Waals surface area contributed by atoms with Crippen LogP contribution in [0.1, 0.15) is 33.4 Å². The first-order valence-corrected chi connectivity index (χ1v) is 14.6. The molecule has 4 N–H and O–H groups in total. The lowest BCUT2D eigenvalue weighted by atomic mass is 9.90.